The van der Waals surface area contributed by atoms with E-state index in [2.05, 4.69) is 48.1 Å². The number of aryl methyl sites for hydroxylation is 1. The van der Waals surface area contributed by atoms with Gasteiger partial charge in [0.25, 0.3) is 0 Å². The SMILES string of the molecule is C=C.Cc1ccc(N2CCN3CCC[C@@H]3C2)cc1C1CC1. The molecule has 0 N–H and O–H groups in total. The van der Waals surface area contributed by atoms with E-state index in [-0.39, 0.29) is 0 Å². The predicted molar refractivity (Wildman–Crippen MR) is 91.2 cm³/mol. The highest BCUT2D eigenvalue weighted by Gasteiger charge is 2.31. The van der Waals surface area contributed by atoms with Crippen molar-refractivity contribution in [3.05, 3.63) is 42.5 Å². The Morgan fingerprint density at radius 2 is 1.86 bits per heavy atom. The summed E-state index contributed by atoms with van der Waals surface area (Å²) in [5, 5.41) is 0. The van der Waals surface area contributed by atoms with Crippen molar-refractivity contribution in [3.63, 3.8) is 0 Å². The van der Waals surface area contributed by atoms with Crippen LogP contribution in [0.5, 0.6) is 0 Å². The Kier molecular flexibility index (Phi) is 4.34. The summed E-state index contributed by atoms with van der Waals surface area (Å²) in [4.78, 5) is 5.31. The average molecular weight is 284 g/mol. The van der Waals surface area contributed by atoms with Gasteiger partial charge in [0, 0.05) is 31.4 Å². The van der Waals surface area contributed by atoms with E-state index >= 15 is 0 Å². The minimum absolute atomic E-state index is 0.819. The fraction of sp³-hybridized carbons (Fsp3) is 0.579. The lowest BCUT2D eigenvalue weighted by Gasteiger charge is -2.39. The van der Waals surface area contributed by atoms with E-state index in [1.807, 2.05) is 0 Å². The van der Waals surface area contributed by atoms with E-state index in [1.54, 1.807) is 5.56 Å². The molecule has 1 atom stereocenters. The Morgan fingerprint density at radius 3 is 2.62 bits per heavy atom. The highest BCUT2D eigenvalue weighted by molar-refractivity contribution is 5.53. The van der Waals surface area contributed by atoms with E-state index in [0.717, 1.165) is 12.0 Å². The van der Waals surface area contributed by atoms with Gasteiger partial charge >= 0.3 is 0 Å². The number of hydrogen-bond donors (Lipinski definition) is 0. The van der Waals surface area contributed by atoms with Gasteiger partial charge in [0.2, 0.25) is 0 Å². The van der Waals surface area contributed by atoms with E-state index in [9.17, 15) is 0 Å². The first kappa shape index (κ1) is 14.6. The minimum atomic E-state index is 0.819. The summed E-state index contributed by atoms with van der Waals surface area (Å²) in [7, 11) is 0. The third kappa shape index (κ3) is 3.01. The summed E-state index contributed by atoms with van der Waals surface area (Å²) < 4.78 is 0. The quantitative estimate of drug-likeness (QED) is 0.759. The summed E-state index contributed by atoms with van der Waals surface area (Å²) >= 11 is 0. The average Bonchev–Trinajstić information content (AvgIpc) is 3.26. The van der Waals surface area contributed by atoms with Crippen molar-refractivity contribution in [1.29, 1.82) is 0 Å². The van der Waals surface area contributed by atoms with Crippen LogP contribution in [-0.2, 0) is 0 Å². The van der Waals surface area contributed by atoms with Gasteiger partial charge in [-0.3, -0.25) is 4.90 Å². The third-order valence-corrected chi connectivity index (χ3v) is 5.23. The normalized spacial score (nSPS) is 25.2. The highest BCUT2D eigenvalue weighted by Crippen LogP contribution is 2.43. The molecule has 2 aliphatic heterocycles. The largest absolute Gasteiger partial charge is 0.369 e. The van der Waals surface area contributed by atoms with Crippen molar-refractivity contribution >= 4 is 5.69 Å². The zero-order valence-electron chi connectivity index (χ0n) is 13.4. The molecule has 2 saturated heterocycles. The number of benzene rings is 1. The molecule has 2 heterocycles. The minimum Gasteiger partial charge on any atom is -0.369 e. The molecule has 0 radical (unpaired) electrons. The molecule has 1 aromatic rings. The van der Waals surface area contributed by atoms with Crippen molar-refractivity contribution in [1.82, 2.24) is 4.90 Å². The van der Waals surface area contributed by atoms with Gasteiger partial charge in [0.1, 0.15) is 0 Å². The summed E-state index contributed by atoms with van der Waals surface area (Å²) in [5.74, 6) is 0.868. The van der Waals surface area contributed by atoms with Crippen molar-refractivity contribution in [3.8, 4) is 0 Å². The number of hydrogen-bond acceptors (Lipinski definition) is 2. The molecule has 0 aromatic heterocycles. The summed E-state index contributed by atoms with van der Waals surface area (Å²) in [6, 6.07) is 7.98. The zero-order chi connectivity index (χ0) is 14.8. The zero-order valence-corrected chi connectivity index (χ0v) is 13.4. The number of anilines is 1. The van der Waals surface area contributed by atoms with Crippen molar-refractivity contribution in [2.75, 3.05) is 31.1 Å². The van der Waals surface area contributed by atoms with Gasteiger partial charge in [-0.25, -0.2) is 0 Å². The van der Waals surface area contributed by atoms with Gasteiger partial charge in [-0.2, -0.15) is 0 Å². The monoisotopic (exact) mass is 284 g/mol. The first-order valence-corrected chi connectivity index (χ1v) is 8.41. The number of fused-ring (bicyclic) bond motifs is 1. The lowest BCUT2D eigenvalue weighted by molar-refractivity contribution is 0.231. The van der Waals surface area contributed by atoms with Crippen molar-refractivity contribution < 1.29 is 0 Å². The smallest absolute Gasteiger partial charge is 0.0370 e. The number of rotatable bonds is 2. The predicted octanol–water partition coefficient (Wildman–Crippen LogP) is 3.96. The first-order valence-electron chi connectivity index (χ1n) is 8.41. The van der Waals surface area contributed by atoms with E-state index < -0.39 is 0 Å². The van der Waals surface area contributed by atoms with Gasteiger partial charge in [0.05, 0.1) is 0 Å². The van der Waals surface area contributed by atoms with Crippen LogP contribution < -0.4 is 4.90 Å². The Hall–Kier alpha value is -1.28. The maximum Gasteiger partial charge on any atom is 0.0370 e. The lowest BCUT2D eigenvalue weighted by Crippen LogP contribution is -2.50. The molecule has 21 heavy (non-hydrogen) atoms. The van der Waals surface area contributed by atoms with Gasteiger partial charge in [-0.15, -0.1) is 13.2 Å². The molecule has 0 bridgehead atoms. The Labute approximate surface area is 129 Å². The van der Waals surface area contributed by atoms with Crippen LogP contribution in [0.2, 0.25) is 0 Å². The number of piperazine rings is 1. The number of nitrogens with zero attached hydrogens (tertiary/aromatic N) is 2. The molecule has 0 unspecified atom stereocenters. The molecule has 1 aliphatic carbocycles. The first-order chi connectivity index (χ1) is 10.3. The van der Waals surface area contributed by atoms with Gasteiger partial charge < -0.3 is 4.90 Å². The standard InChI is InChI=1S/C17H24N2.C2H4/c1-13-4-7-15(11-17(13)14-5-6-14)19-10-9-18-8-2-3-16(18)12-19;1-2/h4,7,11,14,16H,2-3,5-6,8-10,12H2,1H3;1-2H2/t16-;/m1./s1. The van der Waals surface area contributed by atoms with Crippen LogP contribution >= 0.6 is 0 Å². The van der Waals surface area contributed by atoms with E-state index in [0.29, 0.717) is 0 Å². The second-order valence-corrected chi connectivity index (χ2v) is 6.59. The molecule has 114 valence electrons. The Balaban J connectivity index is 0.000000636. The fourth-order valence-electron chi connectivity index (χ4n) is 3.88. The summed E-state index contributed by atoms with van der Waals surface area (Å²) in [6.07, 6.45) is 5.61. The van der Waals surface area contributed by atoms with E-state index in [1.165, 1.54) is 63.1 Å². The fourth-order valence-corrected chi connectivity index (χ4v) is 3.88. The molecule has 1 saturated carbocycles. The van der Waals surface area contributed by atoms with Crippen LogP contribution in [-0.4, -0.2) is 37.1 Å². The second-order valence-electron chi connectivity index (χ2n) is 6.59. The molecule has 3 aliphatic rings. The van der Waals surface area contributed by atoms with Gasteiger partial charge in [0.15, 0.2) is 0 Å². The molecule has 4 rings (SSSR count). The van der Waals surface area contributed by atoms with Crippen LogP contribution in [0.3, 0.4) is 0 Å². The molecular weight excluding hydrogens is 256 g/mol. The topological polar surface area (TPSA) is 6.48 Å². The summed E-state index contributed by atoms with van der Waals surface area (Å²) in [5.41, 5.74) is 4.58. The molecule has 1 aromatic carbocycles. The van der Waals surface area contributed by atoms with Gasteiger partial charge in [-0.1, -0.05) is 6.07 Å². The molecular formula is C19H28N2. The molecule has 3 fully saturated rings. The van der Waals surface area contributed by atoms with Crippen molar-refractivity contribution in [2.24, 2.45) is 0 Å². The van der Waals surface area contributed by atoms with E-state index in [4.69, 9.17) is 0 Å². The van der Waals surface area contributed by atoms with Crippen LogP contribution in [0.25, 0.3) is 0 Å². The molecule has 2 heteroatoms. The van der Waals surface area contributed by atoms with Crippen LogP contribution in [0.1, 0.15) is 42.7 Å². The Bertz CT molecular complexity index is 492. The van der Waals surface area contributed by atoms with Crippen LogP contribution in [0.4, 0.5) is 5.69 Å². The second kappa shape index (κ2) is 6.23. The molecule has 0 spiro atoms. The Morgan fingerprint density at radius 1 is 1.05 bits per heavy atom. The van der Waals surface area contributed by atoms with Crippen molar-refractivity contribution in [2.45, 2.75) is 44.6 Å². The van der Waals surface area contributed by atoms with Crippen LogP contribution in [0, 0.1) is 6.92 Å². The third-order valence-electron chi connectivity index (χ3n) is 5.23. The maximum atomic E-state index is 3.00. The maximum absolute atomic E-state index is 3.00. The summed E-state index contributed by atoms with van der Waals surface area (Å²) in [6.45, 7) is 13.3. The molecule has 0 amide bonds. The van der Waals surface area contributed by atoms with Crippen LogP contribution in [0.15, 0.2) is 31.4 Å². The lowest BCUT2D eigenvalue weighted by atomic mass is 10.0. The highest BCUT2D eigenvalue weighted by atomic mass is 15.3. The molecule has 2 nitrogen and oxygen atoms in total. The van der Waals surface area contributed by atoms with Gasteiger partial charge in [-0.05, 0) is 68.3 Å².